The third-order valence-corrected chi connectivity index (χ3v) is 4.45. The molecule has 3 rings (SSSR count). The van der Waals surface area contributed by atoms with Crippen LogP contribution in [0.4, 0.5) is 0 Å². The van der Waals surface area contributed by atoms with Gasteiger partial charge >= 0.3 is 0 Å². The van der Waals surface area contributed by atoms with Gasteiger partial charge in [0.25, 0.3) is 0 Å². The Kier molecular flexibility index (Phi) is 2.53. The number of nitrogens with zero attached hydrogens (tertiary/aromatic N) is 3. The smallest absolute Gasteiger partial charge is 0.137 e. The monoisotopic (exact) mass is 249 g/mol. The van der Waals surface area contributed by atoms with Gasteiger partial charge in [-0.25, -0.2) is 9.67 Å². The average molecular weight is 249 g/mol. The van der Waals surface area contributed by atoms with Crippen LogP contribution in [0.2, 0.25) is 0 Å². The minimum atomic E-state index is -1.10. The van der Waals surface area contributed by atoms with E-state index >= 15 is 0 Å². The molecule has 0 saturated heterocycles. The van der Waals surface area contributed by atoms with Gasteiger partial charge in [0.1, 0.15) is 18.8 Å². The van der Waals surface area contributed by atoms with Gasteiger partial charge in [0, 0.05) is 4.90 Å². The molecule has 0 amide bonds. The average Bonchev–Trinajstić information content (AvgIpc) is 2.87. The molecule has 1 aromatic heterocycles. The maximum absolute atomic E-state index is 12.1. The fourth-order valence-electron chi connectivity index (χ4n) is 2.09. The molecule has 17 heavy (non-hydrogen) atoms. The van der Waals surface area contributed by atoms with Crippen LogP contribution in [-0.2, 0) is 10.8 Å². The fourth-order valence-corrected chi connectivity index (χ4v) is 3.59. The quantitative estimate of drug-likeness (QED) is 0.806. The van der Waals surface area contributed by atoms with E-state index in [1.165, 1.54) is 6.33 Å². The van der Waals surface area contributed by atoms with Crippen molar-refractivity contribution in [3.63, 3.8) is 0 Å². The molecule has 1 N–H and O–H groups in total. The van der Waals surface area contributed by atoms with Crippen LogP contribution >= 0.6 is 0 Å². The van der Waals surface area contributed by atoms with E-state index in [4.69, 9.17) is 0 Å². The molecule has 1 aliphatic rings. The summed E-state index contributed by atoms with van der Waals surface area (Å²) < 4.78 is 13.6. The molecule has 2 heterocycles. The van der Waals surface area contributed by atoms with Gasteiger partial charge in [0.15, 0.2) is 0 Å². The lowest BCUT2D eigenvalue weighted by Crippen LogP contribution is -2.29. The van der Waals surface area contributed by atoms with E-state index in [1.54, 1.807) is 23.1 Å². The predicted molar refractivity (Wildman–Crippen MR) is 61.7 cm³/mol. The molecule has 0 bridgehead atoms. The maximum atomic E-state index is 12.1. The van der Waals surface area contributed by atoms with Gasteiger partial charge in [0.05, 0.1) is 22.6 Å². The van der Waals surface area contributed by atoms with Crippen molar-refractivity contribution in [1.29, 1.82) is 0 Å². The van der Waals surface area contributed by atoms with Gasteiger partial charge in [-0.1, -0.05) is 18.2 Å². The summed E-state index contributed by atoms with van der Waals surface area (Å²) >= 11 is 0. The van der Waals surface area contributed by atoms with Crippen LogP contribution in [0, 0.1) is 0 Å². The molecular weight excluding hydrogens is 238 g/mol. The first-order chi connectivity index (χ1) is 8.27. The number of hydrogen-bond acceptors (Lipinski definition) is 4. The number of aromatic nitrogens is 3. The molecule has 1 aliphatic heterocycles. The molecule has 3 unspecified atom stereocenters. The minimum Gasteiger partial charge on any atom is -0.386 e. The third kappa shape index (κ3) is 1.69. The molecule has 88 valence electrons. The van der Waals surface area contributed by atoms with Crippen LogP contribution in [0.15, 0.2) is 41.8 Å². The van der Waals surface area contributed by atoms with Crippen molar-refractivity contribution in [2.24, 2.45) is 0 Å². The van der Waals surface area contributed by atoms with Gasteiger partial charge in [0.2, 0.25) is 0 Å². The van der Waals surface area contributed by atoms with Crippen molar-refractivity contribution < 1.29 is 9.32 Å². The molecule has 3 atom stereocenters. The zero-order valence-corrected chi connectivity index (χ0v) is 9.75. The summed E-state index contributed by atoms with van der Waals surface area (Å²) in [6, 6.07) is 6.96. The van der Waals surface area contributed by atoms with Crippen LogP contribution in [0.25, 0.3) is 0 Å². The van der Waals surface area contributed by atoms with E-state index in [9.17, 15) is 9.32 Å². The van der Waals surface area contributed by atoms with Crippen LogP contribution < -0.4 is 0 Å². The number of fused-ring (bicyclic) bond motifs is 1. The second-order valence-electron chi connectivity index (χ2n) is 3.94. The van der Waals surface area contributed by atoms with Crippen molar-refractivity contribution in [1.82, 2.24) is 14.8 Å². The van der Waals surface area contributed by atoms with E-state index in [0.717, 1.165) is 10.5 Å². The number of rotatable bonds is 1. The highest BCUT2D eigenvalue weighted by Gasteiger charge is 2.33. The maximum Gasteiger partial charge on any atom is 0.137 e. The molecule has 5 nitrogen and oxygen atoms in total. The highest BCUT2D eigenvalue weighted by Crippen LogP contribution is 2.35. The van der Waals surface area contributed by atoms with Crippen LogP contribution in [-0.4, -0.2) is 29.8 Å². The van der Waals surface area contributed by atoms with Crippen molar-refractivity contribution in [2.75, 3.05) is 5.75 Å². The topological polar surface area (TPSA) is 68.0 Å². The summed E-state index contributed by atoms with van der Waals surface area (Å²) in [7, 11) is -1.10. The first-order valence-electron chi connectivity index (χ1n) is 5.27. The Labute approximate surface area is 101 Å². The highest BCUT2D eigenvalue weighted by molar-refractivity contribution is 7.85. The zero-order valence-electron chi connectivity index (χ0n) is 8.93. The van der Waals surface area contributed by atoms with Crippen molar-refractivity contribution in [2.45, 2.75) is 17.0 Å². The molecular formula is C11H11N3O2S. The van der Waals surface area contributed by atoms with Gasteiger partial charge in [-0.15, -0.1) is 0 Å². The van der Waals surface area contributed by atoms with E-state index in [2.05, 4.69) is 10.1 Å². The standard InChI is InChI=1S/C11H11N3O2S/c15-11-8-3-1-2-4-10(8)17(16)5-9(11)14-7-12-6-13-14/h1-4,6-7,9,11,15H,5H2. The molecule has 0 fully saturated rings. The van der Waals surface area contributed by atoms with E-state index in [0.29, 0.717) is 5.75 Å². The number of benzene rings is 1. The minimum absolute atomic E-state index is 0.312. The first-order valence-corrected chi connectivity index (χ1v) is 6.59. The Morgan fingerprint density at radius 1 is 1.41 bits per heavy atom. The van der Waals surface area contributed by atoms with Crippen molar-refractivity contribution >= 4 is 10.8 Å². The lowest BCUT2D eigenvalue weighted by Gasteiger charge is -2.29. The second-order valence-corrected chi connectivity index (χ2v) is 5.40. The van der Waals surface area contributed by atoms with Gasteiger partial charge in [-0.2, -0.15) is 5.10 Å². The van der Waals surface area contributed by atoms with Gasteiger partial charge in [-0.05, 0) is 11.6 Å². The van der Waals surface area contributed by atoms with Crippen LogP contribution in [0.5, 0.6) is 0 Å². The lowest BCUT2D eigenvalue weighted by molar-refractivity contribution is 0.112. The Balaban J connectivity index is 2.06. The Hall–Kier alpha value is -1.53. The third-order valence-electron chi connectivity index (χ3n) is 2.95. The molecule has 6 heteroatoms. The number of hydrogen-bond donors (Lipinski definition) is 1. The summed E-state index contributed by atoms with van der Waals surface area (Å²) in [5.41, 5.74) is 0.720. The number of aliphatic hydroxyl groups is 1. The van der Waals surface area contributed by atoms with Gasteiger partial charge < -0.3 is 5.11 Å². The summed E-state index contributed by atoms with van der Waals surface area (Å²) in [4.78, 5) is 4.57. The second kappa shape index (κ2) is 4.05. The summed E-state index contributed by atoms with van der Waals surface area (Å²) in [6.07, 6.45) is 2.26. The molecule has 1 aromatic carbocycles. The van der Waals surface area contributed by atoms with E-state index in [-0.39, 0.29) is 6.04 Å². The Bertz CT molecular complexity index is 556. The summed E-state index contributed by atoms with van der Waals surface area (Å²) in [5.74, 6) is 0.363. The Morgan fingerprint density at radius 2 is 2.24 bits per heavy atom. The molecule has 0 aliphatic carbocycles. The van der Waals surface area contributed by atoms with Gasteiger partial charge in [-0.3, -0.25) is 4.21 Å². The molecule has 0 saturated carbocycles. The van der Waals surface area contributed by atoms with Crippen molar-refractivity contribution in [3.8, 4) is 0 Å². The molecule has 2 aromatic rings. The lowest BCUT2D eigenvalue weighted by atomic mass is 10.0. The van der Waals surface area contributed by atoms with E-state index < -0.39 is 16.9 Å². The Morgan fingerprint density at radius 3 is 3.00 bits per heavy atom. The highest BCUT2D eigenvalue weighted by atomic mass is 32.2. The van der Waals surface area contributed by atoms with E-state index in [1.807, 2.05) is 12.1 Å². The fraction of sp³-hybridized carbons (Fsp3) is 0.273. The SMILES string of the molecule is O=S1CC(n2cncn2)C(O)c2ccccc21. The number of aliphatic hydroxyl groups excluding tert-OH is 1. The summed E-state index contributed by atoms with van der Waals surface area (Å²) in [5, 5.41) is 14.3. The normalized spacial score (nSPS) is 27.7. The largest absolute Gasteiger partial charge is 0.386 e. The van der Waals surface area contributed by atoms with Crippen molar-refractivity contribution in [3.05, 3.63) is 42.5 Å². The molecule has 0 radical (unpaired) electrons. The zero-order chi connectivity index (χ0) is 11.8. The first kappa shape index (κ1) is 10.6. The summed E-state index contributed by atoms with van der Waals surface area (Å²) in [6.45, 7) is 0. The van der Waals surface area contributed by atoms with Crippen LogP contribution in [0.1, 0.15) is 17.7 Å². The predicted octanol–water partition coefficient (Wildman–Crippen LogP) is 0.674. The van der Waals surface area contributed by atoms with Crippen LogP contribution in [0.3, 0.4) is 0 Å². The molecule has 0 spiro atoms.